The highest BCUT2D eigenvalue weighted by atomic mass is 15.4. The van der Waals surface area contributed by atoms with Gasteiger partial charge in [0.05, 0.1) is 12.6 Å². The summed E-state index contributed by atoms with van der Waals surface area (Å²) in [5, 5.41) is 8.72. The lowest BCUT2D eigenvalue weighted by Crippen LogP contribution is -2.34. The molecule has 0 aliphatic carbocycles. The summed E-state index contributed by atoms with van der Waals surface area (Å²) in [4.78, 5) is 11.3. The third kappa shape index (κ3) is 2.67. The van der Waals surface area contributed by atoms with Crippen molar-refractivity contribution in [2.75, 3.05) is 11.4 Å². The van der Waals surface area contributed by atoms with Crippen LogP contribution in [0, 0.1) is 0 Å². The number of aryl methyl sites for hydroxylation is 1. The van der Waals surface area contributed by atoms with Gasteiger partial charge in [-0.2, -0.15) is 19.7 Å². The molecule has 1 aliphatic heterocycles. The molecule has 4 heterocycles. The van der Waals surface area contributed by atoms with Gasteiger partial charge in [0, 0.05) is 30.7 Å². The smallest absolute Gasteiger partial charge is 0.254 e. The van der Waals surface area contributed by atoms with E-state index in [0.29, 0.717) is 11.8 Å². The molecular formula is C16H21N7. The minimum atomic E-state index is 0.430. The zero-order valence-electron chi connectivity index (χ0n) is 13.3. The number of rotatable bonds is 5. The van der Waals surface area contributed by atoms with Crippen molar-refractivity contribution in [2.45, 2.75) is 45.2 Å². The summed E-state index contributed by atoms with van der Waals surface area (Å²) < 4.78 is 3.87. The maximum Gasteiger partial charge on any atom is 0.254 e. The second kappa shape index (κ2) is 5.98. The van der Waals surface area contributed by atoms with Crippen molar-refractivity contribution in [3.8, 4) is 0 Å². The number of fused-ring (bicyclic) bond motifs is 1. The van der Waals surface area contributed by atoms with E-state index in [1.165, 1.54) is 12.8 Å². The molecule has 0 amide bonds. The van der Waals surface area contributed by atoms with Gasteiger partial charge in [-0.15, -0.1) is 0 Å². The Morgan fingerprint density at radius 1 is 1.30 bits per heavy atom. The molecule has 1 fully saturated rings. The Morgan fingerprint density at radius 3 is 3.09 bits per heavy atom. The average molecular weight is 311 g/mol. The van der Waals surface area contributed by atoms with Crippen LogP contribution in [0.1, 0.15) is 31.9 Å². The largest absolute Gasteiger partial charge is 0.352 e. The molecule has 0 aromatic carbocycles. The number of hydrogen-bond donors (Lipinski definition) is 0. The molecule has 0 bridgehead atoms. The Labute approximate surface area is 135 Å². The van der Waals surface area contributed by atoms with Crippen molar-refractivity contribution in [1.82, 2.24) is 29.4 Å². The lowest BCUT2D eigenvalue weighted by Gasteiger charge is -2.27. The molecule has 1 unspecified atom stereocenters. The van der Waals surface area contributed by atoms with E-state index in [4.69, 9.17) is 0 Å². The summed E-state index contributed by atoms with van der Waals surface area (Å²) in [5.74, 6) is 1.79. The van der Waals surface area contributed by atoms with Crippen molar-refractivity contribution in [2.24, 2.45) is 0 Å². The van der Waals surface area contributed by atoms with Crippen LogP contribution in [0.15, 0.2) is 30.9 Å². The zero-order valence-corrected chi connectivity index (χ0v) is 13.3. The van der Waals surface area contributed by atoms with Crippen molar-refractivity contribution < 1.29 is 0 Å². The van der Waals surface area contributed by atoms with Gasteiger partial charge >= 0.3 is 0 Å². The van der Waals surface area contributed by atoms with Crippen molar-refractivity contribution in [1.29, 1.82) is 0 Å². The van der Waals surface area contributed by atoms with Crippen LogP contribution in [0.4, 0.5) is 5.82 Å². The van der Waals surface area contributed by atoms with Crippen LogP contribution >= 0.6 is 0 Å². The Hall–Kier alpha value is -2.44. The van der Waals surface area contributed by atoms with E-state index in [2.05, 4.69) is 38.1 Å². The monoisotopic (exact) mass is 311 g/mol. The van der Waals surface area contributed by atoms with Gasteiger partial charge in [0.2, 0.25) is 0 Å². The highest BCUT2D eigenvalue weighted by molar-refractivity contribution is 5.49. The number of anilines is 1. The fourth-order valence-electron chi connectivity index (χ4n) is 3.38. The van der Waals surface area contributed by atoms with E-state index < -0.39 is 0 Å². The first-order valence-electron chi connectivity index (χ1n) is 8.29. The first-order valence-corrected chi connectivity index (χ1v) is 8.29. The molecule has 0 radical (unpaired) electrons. The SMILES string of the molecule is CCCc1cc(N2CCCC2Cn2cccn2)n2ncnc2n1. The van der Waals surface area contributed by atoms with Crippen LogP contribution in [0.3, 0.4) is 0 Å². The summed E-state index contributed by atoms with van der Waals surface area (Å²) in [7, 11) is 0. The molecule has 1 aliphatic rings. The molecule has 7 heteroatoms. The molecule has 7 nitrogen and oxygen atoms in total. The number of aromatic nitrogens is 6. The molecule has 0 spiro atoms. The summed E-state index contributed by atoms with van der Waals surface area (Å²) in [6, 6.07) is 4.58. The Morgan fingerprint density at radius 2 is 2.26 bits per heavy atom. The van der Waals surface area contributed by atoms with Crippen LogP contribution in [0.25, 0.3) is 5.78 Å². The fraction of sp³-hybridized carbons (Fsp3) is 0.500. The second-order valence-electron chi connectivity index (χ2n) is 6.05. The second-order valence-corrected chi connectivity index (χ2v) is 6.05. The van der Waals surface area contributed by atoms with Crippen molar-refractivity contribution >= 4 is 11.6 Å². The van der Waals surface area contributed by atoms with Gasteiger partial charge in [0.1, 0.15) is 12.1 Å². The predicted octanol–water partition coefficient (Wildman–Crippen LogP) is 1.94. The molecule has 3 aromatic heterocycles. The molecule has 0 saturated carbocycles. The Bertz CT molecular complexity index is 777. The molecule has 3 aromatic rings. The van der Waals surface area contributed by atoms with Gasteiger partial charge in [-0.3, -0.25) is 4.68 Å². The minimum absolute atomic E-state index is 0.430. The van der Waals surface area contributed by atoms with Gasteiger partial charge in [-0.05, 0) is 25.3 Å². The molecule has 1 atom stereocenters. The van der Waals surface area contributed by atoms with Gasteiger partial charge < -0.3 is 4.90 Å². The third-order valence-corrected chi connectivity index (χ3v) is 4.42. The first kappa shape index (κ1) is 14.2. The van der Waals surface area contributed by atoms with Gasteiger partial charge in [-0.1, -0.05) is 13.3 Å². The van der Waals surface area contributed by atoms with E-state index in [0.717, 1.165) is 37.4 Å². The fourth-order valence-corrected chi connectivity index (χ4v) is 3.38. The first-order chi connectivity index (χ1) is 11.3. The predicted molar refractivity (Wildman–Crippen MR) is 87.4 cm³/mol. The maximum absolute atomic E-state index is 4.60. The van der Waals surface area contributed by atoms with Crippen LogP contribution in [-0.2, 0) is 13.0 Å². The van der Waals surface area contributed by atoms with Crippen molar-refractivity contribution in [3.05, 3.63) is 36.5 Å². The van der Waals surface area contributed by atoms with Crippen LogP contribution in [0.2, 0.25) is 0 Å². The highest BCUT2D eigenvalue weighted by Crippen LogP contribution is 2.27. The van der Waals surface area contributed by atoms with E-state index in [-0.39, 0.29) is 0 Å². The summed E-state index contributed by atoms with van der Waals surface area (Å²) >= 11 is 0. The standard InChI is InChI=1S/C16H21N7/c1-2-5-13-10-15(23-16(20-13)17-12-19-23)22-9-3-6-14(22)11-21-8-4-7-18-21/h4,7-8,10,12,14H,2-3,5-6,9,11H2,1H3. The molecule has 4 rings (SSSR count). The van der Waals surface area contributed by atoms with Crippen LogP contribution in [0.5, 0.6) is 0 Å². The minimum Gasteiger partial charge on any atom is -0.352 e. The third-order valence-electron chi connectivity index (χ3n) is 4.42. The molecule has 120 valence electrons. The van der Waals surface area contributed by atoms with Gasteiger partial charge in [-0.25, -0.2) is 4.98 Å². The van der Waals surface area contributed by atoms with Crippen LogP contribution in [-0.4, -0.2) is 41.9 Å². The summed E-state index contributed by atoms with van der Waals surface area (Å²) in [6.45, 7) is 4.11. The quantitative estimate of drug-likeness (QED) is 0.720. The Balaban J connectivity index is 1.70. The summed E-state index contributed by atoms with van der Waals surface area (Å²) in [6.07, 6.45) is 9.84. The molecule has 0 N–H and O–H groups in total. The lowest BCUT2D eigenvalue weighted by atomic mass is 10.2. The number of nitrogens with zero attached hydrogens (tertiary/aromatic N) is 7. The molecule has 23 heavy (non-hydrogen) atoms. The van der Waals surface area contributed by atoms with Crippen molar-refractivity contribution in [3.63, 3.8) is 0 Å². The van der Waals surface area contributed by atoms with E-state index in [9.17, 15) is 0 Å². The van der Waals surface area contributed by atoms with E-state index >= 15 is 0 Å². The molecule has 1 saturated heterocycles. The Kier molecular flexibility index (Phi) is 3.69. The summed E-state index contributed by atoms with van der Waals surface area (Å²) in [5.41, 5.74) is 1.09. The zero-order chi connectivity index (χ0) is 15.6. The topological polar surface area (TPSA) is 64.1 Å². The average Bonchev–Trinajstić information content (AvgIpc) is 3.28. The number of hydrogen-bond acceptors (Lipinski definition) is 5. The normalized spacial score (nSPS) is 18.1. The van der Waals surface area contributed by atoms with Crippen LogP contribution < -0.4 is 4.90 Å². The maximum atomic E-state index is 4.60. The van der Waals surface area contributed by atoms with E-state index in [1.54, 1.807) is 6.33 Å². The molecular weight excluding hydrogens is 290 g/mol. The highest BCUT2D eigenvalue weighted by Gasteiger charge is 2.27. The van der Waals surface area contributed by atoms with E-state index in [1.807, 2.05) is 27.7 Å². The lowest BCUT2D eigenvalue weighted by molar-refractivity contribution is 0.505. The van der Waals surface area contributed by atoms with Gasteiger partial charge in [0.15, 0.2) is 0 Å². The van der Waals surface area contributed by atoms with Gasteiger partial charge in [0.25, 0.3) is 5.78 Å².